The zero-order chi connectivity index (χ0) is 9.97. The van der Waals surface area contributed by atoms with Gasteiger partial charge < -0.3 is 4.90 Å². The standard InChI is InChI=1S/C11H12F2N/c12-9-5-4-6-10(11(9)13)14-7-2-1-3-8-14/h2,4-6H,1,3,7-8H2. The number of halogens is 2. The van der Waals surface area contributed by atoms with E-state index in [1.807, 2.05) is 4.90 Å². The van der Waals surface area contributed by atoms with Gasteiger partial charge in [0.15, 0.2) is 11.6 Å². The molecular formula is C11H12F2N. The van der Waals surface area contributed by atoms with Gasteiger partial charge in [-0.25, -0.2) is 8.78 Å². The van der Waals surface area contributed by atoms with Crippen LogP contribution in [0.5, 0.6) is 0 Å². The number of hydrogen-bond acceptors (Lipinski definition) is 1. The van der Waals surface area contributed by atoms with Crippen molar-refractivity contribution in [3.05, 3.63) is 36.3 Å². The van der Waals surface area contributed by atoms with Crippen molar-refractivity contribution >= 4 is 5.69 Å². The van der Waals surface area contributed by atoms with Crippen LogP contribution in [-0.2, 0) is 0 Å². The molecule has 14 heavy (non-hydrogen) atoms. The zero-order valence-corrected chi connectivity index (χ0v) is 7.84. The van der Waals surface area contributed by atoms with Crippen molar-refractivity contribution in [2.24, 2.45) is 0 Å². The van der Waals surface area contributed by atoms with Crippen LogP contribution >= 0.6 is 0 Å². The molecule has 1 aromatic rings. The van der Waals surface area contributed by atoms with Crippen molar-refractivity contribution in [1.82, 2.24) is 0 Å². The summed E-state index contributed by atoms with van der Waals surface area (Å²) < 4.78 is 26.3. The molecular weight excluding hydrogens is 184 g/mol. The molecule has 1 aliphatic rings. The average molecular weight is 196 g/mol. The predicted octanol–water partition coefficient (Wildman–Crippen LogP) is 2.77. The SMILES string of the molecule is Fc1cccc(N2C[CH]CCC2)c1F. The zero-order valence-electron chi connectivity index (χ0n) is 7.84. The molecule has 1 nitrogen and oxygen atoms in total. The van der Waals surface area contributed by atoms with E-state index in [9.17, 15) is 8.78 Å². The summed E-state index contributed by atoms with van der Waals surface area (Å²) in [6, 6.07) is 4.31. The lowest BCUT2D eigenvalue weighted by molar-refractivity contribution is 0.504. The van der Waals surface area contributed by atoms with E-state index in [4.69, 9.17) is 0 Å². The van der Waals surface area contributed by atoms with Crippen LogP contribution in [0.15, 0.2) is 18.2 Å². The van der Waals surface area contributed by atoms with Gasteiger partial charge in [0.2, 0.25) is 0 Å². The van der Waals surface area contributed by atoms with Crippen LogP contribution in [0.25, 0.3) is 0 Å². The summed E-state index contributed by atoms with van der Waals surface area (Å²) in [6.45, 7) is 1.51. The molecule has 1 fully saturated rings. The maximum absolute atomic E-state index is 13.4. The summed E-state index contributed by atoms with van der Waals surface area (Å²) in [7, 11) is 0. The van der Waals surface area contributed by atoms with E-state index in [1.165, 1.54) is 0 Å². The Bertz CT molecular complexity index is 319. The summed E-state index contributed by atoms with van der Waals surface area (Å²) in [5, 5.41) is 0. The van der Waals surface area contributed by atoms with E-state index in [1.54, 1.807) is 12.1 Å². The Morgan fingerprint density at radius 1 is 1.21 bits per heavy atom. The number of anilines is 1. The Balaban J connectivity index is 2.26. The molecule has 0 N–H and O–H groups in total. The quantitative estimate of drug-likeness (QED) is 0.667. The van der Waals surface area contributed by atoms with Crippen molar-refractivity contribution in [2.45, 2.75) is 12.8 Å². The lowest BCUT2D eigenvalue weighted by atomic mass is 10.1. The van der Waals surface area contributed by atoms with Crippen LogP contribution in [0, 0.1) is 18.1 Å². The maximum Gasteiger partial charge on any atom is 0.182 e. The fourth-order valence-corrected chi connectivity index (χ4v) is 1.72. The van der Waals surface area contributed by atoms with E-state index in [0.29, 0.717) is 12.2 Å². The average Bonchev–Trinajstić information content (AvgIpc) is 2.23. The Kier molecular flexibility index (Phi) is 2.66. The van der Waals surface area contributed by atoms with Gasteiger partial charge in [-0.15, -0.1) is 0 Å². The van der Waals surface area contributed by atoms with Crippen LogP contribution in [0.1, 0.15) is 12.8 Å². The number of benzene rings is 1. The molecule has 0 spiro atoms. The van der Waals surface area contributed by atoms with E-state index < -0.39 is 11.6 Å². The third-order valence-corrected chi connectivity index (χ3v) is 2.46. The van der Waals surface area contributed by atoms with Gasteiger partial charge in [0, 0.05) is 13.1 Å². The highest BCUT2D eigenvalue weighted by Crippen LogP contribution is 2.24. The minimum atomic E-state index is -0.770. The van der Waals surface area contributed by atoms with E-state index in [0.717, 1.165) is 25.5 Å². The Morgan fingerprint density at radius 2 is 2.07 bits per heavy atom. The molecule has 1 aliphatic heterocycles. The first-order chi connectivity index (χ1) is 6.79. The maximum atomic E-state index is 13.4. The largest absolute Gasteiger partial charge is 0.369 e. The first kappa shape index (κ1) is 9.44. The van der Waals surface area contributed by atoms with Crippen LogP contribution in [0.4, 0.5) is 14.5 Å². The minimum Gasteiger partial charge on any atom is -0.369 e. The first-order valence-electron chi connectivity index (χ1n) is 4.79. The van der Waals surface area contributed by atoms with E-state index >= 15 is 0 Å². The van der Waals surface area contributed by atoms with Crippen LogP contribution in [0.3, 0.4) is 0 Å². The van der Waals surface area contributed by atoms with Gasteiger partial charge in [-0.1, -0.05) is 6.07 Å². The molecule has 1 saturated heterocycles. The molecule has 1 heterocycles. The van der Waals surface area contributed by atoms with E-state index in [2.05, 4.69) is 6.42 Å². The number of hydrogen-bond donors (Lipinski definition) is 0. The summed E-state index contributed by atoms with van der Waals surface area (Å²) >= 11 is 0. The molecule has 3 heteroatoms. The Hall–Kier alpha value is -1.12. The fraction of sp³-hybridized carbons (Fsp3) is 0.364. The molecule has 1 aromatic carbocycles. The van der Waals surface area contributed by atoms with Gasteiger partial charge in [0.05, 0.1) is 5.69 Å². The van der Waals surface area contributed by atoms with Gasteiger partial charge in [-0.3, -0.25) is 0 Å². The fourth-order valence-electron chi connectivity index (χ4n) is 1.72. The van der Waals surface area contributed by atoms with Crippen LogP contribution in [-0.4, -0.2) is 13.1 Å². The van der Waals surface area contributed by atoms with Gasteiger partial charge >= 0.3 is 0 Å². The van der Waals surface area contributed by atoms with Crippen molar-refractivity contribution < 1.29 is 8.78 Å². The highest BCUT2D eigenvalue weighted by molar-refractivity contribution is 5.48. The highest BCUT2D eigenvalue weighted by atomic mass is 19.2. The van der Waals surface area contributed by atoms with Crippen LogP contribution in [0.2, 0.25) is 0 Å². The summed E-state index contributed by atoms with van der Waals surface area (Å²) in [4.78, 5) is 1.86. The van der Waals surface area contributed by atoms with E-state index in [-0.39, 0.29) is 0 Å². The number of rotatable bonds is 1. The lowest BCUT2D eigenvalue weighted by Gasteiger charge is -2.28. The van der Waals surface area contributed by atoms with Gasteiger partial charge in [-0.2, -0.15) is 0 Å². The van der Waals surface area contributed by atoms with Crippen molar-refractivity contribution in [2.75, 3.05) is 18.0 Å². The first-order valence-corrected chi connectivity index (χ1v) is 4.79. The molecule has 0 amide bonds. The molecule has 0 aromatic heterocycles. The van der Waals surface area contributed by atoms with Gasteiger partial charge in [0.1, 0.15) is 0 Å². The van der Waals surface area contributed by atoms with Crippen molar-refractivity contribution in [3.8, 4) is 0 Å². The molecule has 2 rings (SSSR count). The third-order valence-electron chi connectivity index (χ3n) is 2.46. The third kappa shape index (κ3) is 1.72. The van der Waals surface area contributed by atoms with Crippen LogP contribution < -0.4 is 4.90 Å². The minimum absolute atomic E-state index is 0.376. The summed E-state index contributed by atoms with van der Waals surface area (Å²) in [5.74, 6) is -1.50. The molecule has 0 bridgehead atoms. The lowest BCUT2D eigenvalue weighted by Crippen LogP contribution is -2.30. The molecule has 0 saturated carbocycles. The molecule has 0 unspecified atom stereocenters. The molecule has 0 atom stereocenters. The molecule has 1 radical (unpaired) electrons. The second-order valence-electron chi connectivity index (χ2n) is 3.45. The Labute approximate surface area is 82.3 Å². The molecule has 0 aliphatic carbocycles. The highest BCUT2D eigenvalue weighted by Gasteiger charge is 2.16. The Morgan fingerprint density at radius 3 is 2.79 bits per heavy atom. The smallest absolute Gasteiger partial charge is 0.182 e. The van der Waals surface area contributed by atoms with Gasteiger partial charge in [0.25, 0.3) is 0 Å². The number of nitrogens with zero attached hydrogens (tertiary/aromatic N) is 1. The summed E-state index contributed by atoms with van der Waals surface area (Å²) in [6.07, 6.45) is 4.16. The number of piperidine rings is 1. The molecule has 75 valence electrons. The van der Waals surface area contributed by atoms with Crippen molar-refractivity contribution in [3.63, 3.8) is 0 Å². The second kappa shape index (κ2) is 3.95. The normalized spacial score (nSPS) is 17.1. The van der Waals surface area contributed by atoms with Gasteiger partial charge in [-0.05, 0) is 31.4 Å². The monoisotopic (exact) mass is 196 g/mol. The predicted molar refractivity (Wildman–Crippen MR) is 52.1 cm³/mol. The van der Waals surface area contributed by atoms with Crippen molar-refractivity contribution in [1.29, 1.82) is 0 Å². The summed E-state index contributed by atoms with van der Waals surface area (Å²) in [5.41, 5.74) is 0.376. The second-order valence-corrected chi connectivity index (χ2v) is 3.45. The topological polar surface area (TPSA) is 3.24 Å².